The van der Waals surface area contributed by atoms with Crippen molar-refractivity contribution in [1.29, 1.82) is 0 Å². The van der Waals surface area contributed by atoms with Crippen LogP contribution in [0.5, 0.6) is 0 Å². The lowest BCUT2D eigenvalue weighted by molar-refractivity contribution is 0.601. The molecule has 1 heterocycles. The molecule has 1 aromatic carbocycles. The molecular formula is C12H12ClN3O2S. The lowest BCUT2D eigenvalue weighted by Crippen LogP contribution is -2.16. The molecule has 3 N–H and O–H groups in total. The number of hydrogen-bond donors (Lipinski definition) is 2. The Kier molecular flexibility index (Phi) is 3.64. The SMILES string of the molecule is Cc1ccncc1NS(=O)(=O)c1c(N)cccc1Cl. The molecule has 0 amide bonds. The summed E-state index contributed by atoms with van der Waals surface area (Å²) in [6, 6.07) is 6.25. The van der Waals surface area contributed by atoms with E-state index in [2.05, 4.69) is 9.71 Å². The van der Waals surface area contributed by atoms with Crippen LogP contribution in [0.3, 0.4) is 0 Å². The number of halogens is 1. The summed E-state index contributed by atoms with van der Waals surface area (Å²) < 4.78 is 27.0. The number of nitrogens with zero attached hydrogens (tertiary/aromatic N) is 1. The maximum Gasteiger partial charge on any atom is 0.265 e. The number of nitrogens with two attached hydrogens (primary N) is 1. The summed E-state index contributed by atoms with van der Waals surface area (Å²) >= 11 is 5.91. The van der Waals surface area contributed by atoms with Crippen LogP contribution < -0.4 is 10.5 Å². The molecule has 0 aliphatic rings. The topological polar surface area (TPSA) is 85.1 Å². The maximum atomic E-state index is 12.3. The molecule has 0 aliphatic carbocycles. The smallest absolute Gasteiger partial charge is 0.265 e. The zero-order valence-electron chi connectivity index (χ0n) is 10.1. The zero-order chi connectivity index (χ0) is 14.0. The molecule has 7 heteroatoms. The number of nitrogens with one attached hydrogen (secondary N) is 1. The second-order valence-corrected chi connectivity index (χ2v) is 5.98. The van der Waals surface area contributed by atoms with Crippen LogP contribution in [-0.4, -0.2) is 13.4 Å². The molecule has 0 bridgehead atoms. The zero-order valence-corrected chi connectivity index (χ0v) is 11.7. The number of rotatable bonds is 3. The van der Waals surface area contributed by atoms with Crippen LogP contribution in [0.25, 0.3) is 0 Å². The van der Waals surface area contributed by atoms with Gasteiger partial charge in [-0.1, -0.05) is 17.7 Å². The Hall–Kier alpha value is -1.79. The number of benzene rings is 1. The van der Waals surface area contributed by atoms with Gasteiger partial charge in [-0.15, -0.1) is 0 Å². The predicted molar refractivity (Wildman–Crippen MR) is 75.6 cm³/mol. The van der Waals surface area contributed by atoms with Gasteiger partial charge < -0.3 is 5.73 Å². The van der Waals surface area contributed by atoms with Crippen LogP contribution in [0.1, 0.15) is 5.56 Å². The number of hydrogen-bond acceptors (Lipinski definition) is 4. The highest BCUT2D eigenvalue weighted by atomic mass is 35.5. The molecule has 1 aromatic heterocycles. The number of aryl methyl sites for hydroxylation is 1. The Morgan fingerprint density at radius 1 is 1.32 bits per heavy atom. The molecule has 0 fully saturated rings. The molecule has 0 aliphatic heterocycles. The van der Waals surface area contributed by atoms with Crippen molar-refractivity contribution in [3.8, 4) is 0 Å². The van der Waals surface area contributed by atoms with Gasteiger partial charge in [-0.3, -0.25) is 9.71 Å². The fourth-order valence-electron chi connectivity index (χ4n) is 1.58. The minimum absolute atomic E-state index is 0.0778. The Balaban J connectivity index is 2.47. The maximum absolute atomic E-state index is 12.3. The van der Waals surface area contributed by atoms with Crippen molar-refractivity contribution in [2.45, 2.75) is 11.8 Å². The third-order valence-electron chi connectivity index (χ3n) is 2.55. The van der Waals surface area contributed by atoms with Crippen molar-refractivity contribution in [3.05, 3.63) is 47.2 Å². The molecule has 2 aromatic rings. The van der Waals surface area contributed by atoms with Gasteiger partial charge in [0.15, 0.2) is 0 Å². The summed E-state index contributed by atoms with van der Waals surface area (Å²) in [6.07, 6.45) is 3.01. The molecule has 2 rings (SSSR count). The monoisotopic (exact) mass is 297 g/mol. The van der Waals surface area contributed by atoms with Gasteiger partial charge in [0.1, 0.15) is 4.90 Å². The molecule has 100 valence electrons. The van der Waals surface area contributed by atoms with Gasteiger partial charge in [-0.05, 0) is 30.7 Å². The van der Waals surface area contributed by atoms with E-state index in [1.807, 2.05) is 0 Å². The van der Waals surface area contributed by atoms with Crippen molar-refractivity contribution in [2.75, 3.05) is 10.5 Å². The second kappa shape index (κ2) is 5.07. The van der Waals surface area contributed by atoms with Crippen molar-refractivity contribution >= 4 is 33.0 Å². The van der Waals surface area contributed by atoms with Gasteiger partial charge in [-0.2, -0.15) is 0 Å². The number of sulfonamides is 1. The lowest BCUT2D eigenvalue weighted by atomic mass is 10.3. The first-order valence-corrected chi connectivity index (χ1v) is 7.25. The van der Waals surface area contributed by atoms with E-state index < -0.39 is 10.0 Å². The highest BCUT2D eigenvalue weighted by Gasteiger charge is 2.21. The Morgan fingerprint density at radius 2 is 2.05 bits per heavy atom. The van der Waals surface area contributed by atoms with E-state index in [-0.39, 0.29) is 15.6 Å². The van der Waals surface area contributed by atoms with Crippen LogP contribution in [-0.2, 0) is 10.0 Å². The molecule has 0 atom stereocenters. The summed E-state index contributed by atoms with van der Waals surface area (Å²) in [5.41, 5.74) is 6.92. The highest BCUT2D eigenvalue weighted by molar-refractivity contribution is 7.93. The van der Waals surface area contributed by atoms with E-state index in [9.17, 15) is 8.42 Å². The van der Waals surface area contributed by atoms with Gasteiger partial charge in [0.2, 0.25) is 0 Å². The van der Waals surface area contributed by atoms with Crippen molar-refractivity contribution in [3.63, 3.8) is 0 Å². The number of pyridine rings is 1. The molecule has 0 saturated heterocycles. The predicted octanol–water partition coefficient (Wildman–Crippen LogP) is 2.43. The quantitative estimate of drug-likeness (QED) is 0.852. The lowest BCUT2D eigenvalue weighted by Gasteiger charge is -2.12. The van der Waals surface area contributed by atoms with Crippen LogP contribution in [0.15, 0.2) is 41.6 Å². The van der Waals surface area contributed by atoms with E-state index in [0.717, 1.165) is 5.56 Å². The summed E-state index contributed by atoms with van der Waals surface area (Å²) in [5.74, 6) is 0. The molecular weight excluding hydrogens is 286 g/mol. The van der Waals surface area contributed by atoms with E-state index in [1.165, 1.54) is 18.3 Å². The average molecular weight is 298 g/mol. The summed E-state index contributed by atoms with van der Waals surface area (Å²) in [7, 11) is -3.84. The van der Waals surface area contributed by atoms with E-state index in [1.54, 1.807) is 25.3 Å². The number of aromatic nitrogens is 1. The third kappa shape index (κ3) is 2.80. The van der Waals surface area contributed by atoms with E-state index in [4.69, 9.17) is 17.3 Å². The van der Waals surface area contributed by atoms with E-state index >= 15 is 0 Å². The van der Waals surface area contributed by atoms with Gasteiger partial charge in [0.25, 0.3) is 10.0 Å². The fraction of sp³-hybridized carbons (Fsp3) is 0.0833. The fourth-order valence-corrected chi connectivity index (χ4v) is 3.37. The molecule has 0 radical (unpaired) electrons. The van der Waals surface area contributed by atoms with Gasteiger partial charge >= 0.3 is 0 Å². The highest BCUT2D eigenvalue weighted by Crippen LogP contribution is 2.29. The molecule has 0 spiro atoms. The number of anilines is 2. The summed E-state index contributed by atoms with van der Waals surface area (Å²) in [5, 5.41) is 0.0778. The number of nitrogen functional groups attached to an aromatic ring is 1. The van der Waals surface area contributed by atoms with Gasteiger partial charge in [0, 0.05) is 6.20 Å². The summed E-state index contributed by atoms with van der Waals surface area (Å²) in [6.45, 7) is 1.77. The molecule has 19 heavy (non-hydrogen) atoms. The Labute approximate surface area is 116 Å². The normalized spacial score (nSPS) is 11.3. The molecule has 0 unspecified atom stereocenters. The molecule has 5 nitrogen and oxygen atoms in total. The first kappa shape index (κ1) is 13.6. The van der Waals surface area contributed by atoms with Crippen LogP contribution in [0.2, 0.25) is 5.02 Å². The first-order valence-electron chi connectivity index (χ1n) is 5.39. The van der Waals surface area contributed by atoms with E-state index in [0.29, 0.717) is 5.69 Å². The van der Waals surface area contributed by atoms with Crippen LogP contribution >= 0.6 is 11.6 Å². The van der Waals surface area contributed by atoms with Crippen molar-refractivity contribution in [2.24, 2.45) is 0 Å². The van der Waals surface area contributed by atoms with Crippen molar-refractivity contribution < 1.29 is 8.42 Å². The standard InChI is InChI=1S/C12H12ClN3O2S/c1-8-5-6-15-7-11(8)16-19(17,18)12-9(13)3-2-4-10(12)14/h2-7,16H,14H2,1H3. The Bertz CT molecular complexity index is 696. The van der Waals surface area contributed by atoms with Gasteiger partial charge in [-0.25, -0.2) is 8.42 Å². The van der Waals surface area contributed by atoms with Crippen molar-refractivity contribution in [1.82, 2.24) is 4.98 Å². The minimum Gasteiger partial charge on any atom is -0.398 e. The Morgan fingerprint density at radius 3 is 2.68 bits per heavy atom. The van der Waals surface area contributed by atoms with Crippen LogP contribution in [0, 0.1) is 6.92 Å². The van der Waals surface area contributed by atoms with Gasteiger partial charge in [0.05, 0.1) is 22.6 Å². The van der Waals surface area contributed by atoms with Crippen LogP contribution in [0.4, 0.5) is 11.4 Å². The third-order valence-corrected chi connectivity index (χ3v) is 4.46. The first-order chi connectivity index (χ1) is 8.92. The minimum atomic E-state index is -3.84. The molecule has 0 saturated carbocycles. The summed E-state index contributed by atoms with van der Waals surface area (Å²) in [4.78, 5) is 3.75. The second-order valence-electron chi connectivity index (χ2n) is 3.95. The average Bonchev–Trinajstić information content (AvgIpc) is 2.31. The largest absolute Gasteiger partial charge is 0.398 e.